The Morgan fingerprint density at radius 1 is 1.00 bits per heavy atom. The highest BCUT2D eigenvalue weighted by molar-refractivity contribution is 5.80. The van der Waals surface area contributed by atoms with Crippen molar-refractivity contribution in [2.75, 3.05) is 13.7 Å². The van der Waals surface area contributed by atoms with E-state index in [1.807, 2.05) is 0 Å². The van der Waals surface area contributed by atoms with Gasteiger partial charge in [-0.05, 0) is 87.9 Å². The molecule has 0 spiro atoms. The number of hydrogen-bond donors (Lipinski definition) is 4. The fraction of sp³-hybridized carbons (Fsp3) is 0.964. The van der Waals surface area contributed by atoms with E-state index in [1.54, 1.807) is 6.92 Å². The Bertz CT molecular complexity index is 836. The van der Waals surface area contributed by atoms with Gasteiger partial charge in [0.25, 0.3) is 0 Å². The molecule has 0 bridgehead atoms. The molecule has 0 amide bonds. The number of aliphatic hydroxyl groups excluding tert-OH is 3. The Kier molecular flexibility index (Phi) is 7.15. The maximum atomic E-state index is 12.4. The minimum atomic E-state index is -1.14. The molecule has 1 aliphatic heterocycles. The Hall–Kier alpha value is -0.610. The topological polar surface area (TPSA) is 126 Å². The van der Waals surface area contributed by atoms with Crippen LogP contribution in [0.4, 0.5) is 0 Å². The summed E-state index contributed by atoms with van der Waals surface area (Å²) in [6, 6.07) is 0. The van der Waals surface area contributed by atoms with Crippen molar-refractivity contribution in [3.8, 4) is 0 Å². The third kappa shape index (κ3) is 3.85. The predicted octanol–water partition coefficient (Wildman–Crippen LogP) is 2.19. The van der Waals surface area contributed by atoms with E-state index in [4.69, 9.17) is 14.2 Å². The highest BCUT2D eigenvalue weighted by atomic mass is 16.7. The number of fused-ring (bicyclic) bond motifs is 5. The van der Waals surface area contributed by atoms with Gasteiger partial charge in [0.2, 0.25) is 0 Å². The molecule has 5 fully saturated rings. The molecule has 0 aromatic carbocycles. The molecule has 5 rings (SSSR count). The number of carbonyl (C=O) groups is 1. The molecule has 5 aliphatic rings. The largest absolute Gasteiger partial charge is 0.394 e. The molecule has 4 N–H and O–H groups in total. The molecule has 1 heterocycles. The molecule has 0 radical (unpaired) electrons. The van der Waals surface area contributed by atoms with Crippen molar-refractivity contribution < 1.29 is 39.4 Å². The van der Waals surface area contributed by atoms with Crippen LogP contribution in [-0.4, -0.2) is 82.3 Å². The molecule has 36 heavy (non-hydrogen) atoms. The second kappa shape index (κ2) is 9.54. The summed E-state index contributed by atoms with van der Waals surface area (Å²) in [4.78, 5) is 12.4. The summed E-state index contributed by atoms with van der Waals surface area (Å²) in [6.07, 6.45) is 3.11. The van der Waals surface area contributed by atoms with Crippen LogP contribution >= 0.6 is 0 Å². The van der Waals surface area contributed by atoms with Gasteiger partial charge in [0.05, 0.1) is 18.3 Å². The van der Waals surface area contributed by atoms with Crippen LogP contribution in [0.3, 0.4) is 0 Å². The van der Waals surface area contributed by atoms with Crippen LogP contribution in [0, 0.1) is 34.5 Å². The van der Waals surface area contributed by atoms with Gasteiger partial charge >= 0.3 is 0 Å². The molecular weight excluding hydrogens is 464 g/mol. The fourth-order valence-electron chi connectivity index (χ4n) is 9.59. The summed E-state index contributed by atoms with van der Waals surface area (Å²) >= 11 is 0. The molecule has 13 atom stereocenters. The summed E-state index contributed by atoms with van der Waals surface area (Å²) in [7, 11) is 1.42. The third-order valence-corrected chi connectivity index (χ3v) is 11.7. The van der Waals surface area contributed by atoms with Gasteiger partial charge in [-0.25, -0.2) is 0 Å². The number of Topliss-reactive ketones (excluding diaryl/α,β-unsaturated/α-hetero) is 1. The number of ketones is 1. The van der Waals surface area contributed by atoms with Gasteiger partial charge in [-0.2, -0.15) is 0 Å². The van der Waals surface area contributed by atoms with E-state index in [-0.39, 0.29) is 41.2 Å². The molecule has 4 saturated carbocycles. The summed E-state index contributed by atoms with van der Waals surface area (Å²) in [6.45, 7) is 5.88. The number of rotatable bonds is 5. The van der Waals surface area contributed by atoms with Gasteiger partial charge in [-0.15, -0.1) is 0 Å². The van der Waals surface area contributed by atoms with Gasteiger partial charge in [0.15, 0.2) is 6.29 Å². The standard InChI is InChI=1S/C28H46O8/c1-15(30)18-9-12-28(33)20-6-5-16-13-17(7-10-26(16,2)19(20)8-11-27(18,28)3)35-25-23(32)24(34-4)22(31)21(14-29)36-25/h16-25,29,31-33H,5-14H2,1-4H3/t16-,17+,18-,19+,20-,21-,22-,23-,24+,25-,26+,27-,28+/m1/s1. The van der Waals surface area contributed by atoms with Crippen LogP contribution in [0.2, 0.25) is 0 Å². The monoisotopic (exact) mass is 510 g/mol. The maximum Gasteiger partial charge on any atom is 0.186 e. The molecule has 0 aromatic rings. The predicted molar refractivity (Wildman–Crippen MR) is 131 cm³/mol. The second-order valence-corrected chi connectivity index (χ2v) is 13.0. The third-order valence-electron chi connectivity index (χ3n) is 11.7. The summed E-state index contributed by atoms with van der Waals surface area (Å²) < 4.78 is 17.3. The second-order valence-electron chi connectivity index (χ2n) is 13.0. The van der Waals surface area contributed by atoms with Gasteiger partial charge in [0, 0.05) is 18.4 Å². The number of carbonyl (C=O) groups excluding carboxylic acids is 1. The molecule has 1 saturated heterocycles. The zero-order chi connectivity index (χ0) is 26.0. The summed E-state index contributed by atoms with van der Waals surface area (Å²) in [5, 5.41) is 42.8. The quantitative estimate of drug-likeness (QED) is 0.415. The first-order chi connectivity index (χ1) is 17.0. The highest BCUT2D eigenvalue weighted by Gasteiger charge is 2.68. The molecule has 0 unspecified atom stereocenters. The zero-order valence-corrected chi connectivity index (χ0v) is 22.3. The summed E-state index contributed by atoms with van der Waals surface area (Å²) in [5.41, 5.74) is -0.967. The van der Waals surface area contributed by atoms with Crippen LogP contribution in [-0.2, 0) is 19.0 Å². The van der Waals surface area contributed by atoms with Crippen molar-refractivity contribution >= 4 is 5.78 Å². The van der Waals surface area contributed by atoms with Crippen LogP contribution in [0.25, 0.3) is 0 Å². The Balaban J connectivity index is 1.29. The van der Waals surface area contributed by atoms with Gasteiger partial charge in [-0.3, -0.25) is 4.79 Å². The first-order valence-electron chi connectivity index (χ1n) is 14.0. The van der Waals surface area contributed by atoms with Gasteiger partial charge in [0.1, 0.15) is 30.2 Å². The first-order valence-corrected chi connectivity index (χ1v) is 14.0. The molecule has 4 aliphatic carbocycles. The maximum absolute atomic E-state index is 12.4. The Labute approximate surface area is 214 Å². The van der Waals surface area contributed by atoms with E-state index in [0.717, 1.165) is 57.8 Å². The first kappa shape index (κ1) is 27.0. The number of ether oxygens (including phenoxy) is 3. The van der Waals surface area contributed by atoms with E-state index < -0.39 is 36.3 Å². The SMILES string of the molecule is CO[C@@H]1[C@@H](O)[C@H](O[C@H]2CC[C@@]3(C)[C@H](CC[C@@H]4[C@@H]3CC[C@]3(C)[C@@H](C(C)=O)CC[C@]43O)C2)O[C@H](CO)[C@H]1O. The molecule has 8 heteroatoms. The minimum absolute atomic E-state index is 0.0303. The van der Waals surface area contributed by atoms with E-state index in [9.17, 15) is 25.2 Å². The minimum Gasteiger partial charge on any atom is -0.394 e. The van der Waals surface area contributed by atoms with Gasteiger partial charge in [-0.1, -0.05) is 13.8 Å². The molecular formula is C28H46O8. The lowest BCUT2D eigenvalue weighted by atomic mass is 9.43. The average molecular weight is 511 g/mol. The lowest BCUT2D eigenvalue weighted by Crippen LogP contribution is -2.63. The van der Waals surface area contributed by atoms with Crippen molar-refractivity contribution in [3.05, 3.63) is 0 Å². The van der Waals surface area contributed by atoms with E-state index >= 15 is 0 Å². The lowest BCUT2D eigenvalue weighted by Gasteiger charge is -2.63. The van der Waals surface area contributed by atoms with E-state index in [0.29, 0.717) is 11.8 Å². The zero-order valence-electron chi connectivity index (χ0n) is 22.3. The van der Waals surface area contributed by atoms with Gasteiger partial charge < -0.3 is 34.6 Å². The fourth-order valence-corrected chi connectivity index (χ4v) is 9.59. The van der Waals surface area contributed by atoms with Crippen molar-refractivity contribution in [2.24, 2.45) is 34.5 Å². The molecule has 8 nitrogen and oxygen atoms in total. The van der Waals surface area contributed by atoms with Crippen LogP contribution in [0.5, 0.6) is 0 Å². The smallest absolute Gasteiger partial charge is 0.186 e. The Morgan fingerprint density at radius 2 is 1.75 bits per heavy atom. The van der Waals surface area contributed by atoms with E-state index in [1.165, 1.54) is 7.11 Å². The summed E-state index contributed by atoms with van der Waals surface area (Å²) in [5.74, 6) is 1.32. The van der Waals surface area contributed by atoms with Crippen molar-refractivity contribution in [2.45, 2.75) is 121 Å². The van der Waals surface area contributed by atoms with Crippen molar-refractivity contribution in [1.29, 1.82) is 0 Å². The van der Waals surface area contributed by atoms with Crippen molar-refractivity contribution in [3.63, 3.8) is 0 Å². The highest BCUT2D eigenvalue weighted by Crippen LogP contribution is 2.69. The average Bonchev–Trinajstić information content (AvgIpc) is 3.12. The number of aliphatic hydroxyl groups is 4. The Morgan fingerprint density at radius 3 is 2.42 bits per heavy atom. The number of hydrogen-bond acceptors (Lipinski definition) is 8. The van der Waals surface area contributed by atoms with E-state index in [2.05, 4.69) is 13.8 Å². The molecule has 0 aromatic heterocycles. The van der Waals surface area contributed by atoms with Crippen LogP contribution < -0.4 is 0 Å². The normalized spacial score (nSPS) is 54.9. The van der Waals surface area contributed by atoms with Crippen molar-refractivity contribution in [1.82, 2.24) is 0 Å². The van der Waals surface area contributed by atoms with Crippen LogP contribution in [0.15, 0.2) is 0 Å². The van der Waals surface area contributed by atoms with Crippen LogP contribution in [0.1, 0.15) is 78.6 Å². The molecule has 206 valence electrons. The number of methoxy groups -OCH3 is 1. The lowest BCUT2D eigenvalue weighted by molar-refractivity contribution is -0.320.